The molecule has 0 bridgehead atoms. The Balaban J connectivity index is 1.58. The summed E-state index contributed by atoms with van der Waals surface area (Å²) in [6.45, 7) is -0.315. The van der Waals surface area contributed by atoms with E-state index in [0.717, 1.165) is 41.2 Å². The summed E-state index contributed by atoms with van der Waals surface area (Å²) < 4.78 is 43.0. The Bertz CT molecular complexity index is 1020. The van der Waals surface area contributed by atoms with Crippen molar-refractivity contribution in [1.82, 2.24) is 4.98 Å². The number of halogens is 3. The average molecular weight is 409 g/mol. The number of carbonyl (C=O) groups excluding carboxylic acids is 1. The van der Waals surface area contributed by atoms with Crippen LogP contribution < -0.4 is 9.61 Å². The number of carbonyl (C=O) groups is 1. The molecule has 0 radical (unpaired) electrons. The number of aromatic amines is 1. The lowest BCUT2D eigenvalue weighted by molar-refractivity contribution is -0.137. The van der Waals surface area contributed by atoms with Crippen LogP contribution in [0.25, 0.3) is 0 Å². The molecule has 0 amide bonds. The van der Waals surface area contributed by atoms with Crippen molar-refractivity contribution in [2.45, 2.75) is 12.6 Å². The van der Waals surface area contributed by atoms with Gasteiger partial charge in [0.2, 0.25) is 5.88 Å². The maximum Gasteiger partial charge on any atom is 0.416 e. The molecule has 3 rings (SSSR count). The highest BCUT2D eigenvalue weighted by molar-refractivity contribution is 7.09. The van der Waals surface area contributed by atoms with Gasteiger partial charge in [-0.3, -0.25) is 14.6 Å². The first-order chi connectivity index (χ1) is 13.2. The largest absolute Gasteiger partial charge is 0.494 e. The van der Waals surface area contributed by atoms with Crippen LogP contribution in [0.4, 0.5) is 13.2 Å². The third-order valence-corrected chi connectivity index (χ3v) is 4.76. The Kier molecular flexibility index (Phi) is 5.55. The summed E-state index contributed by atoms with van der Waals surface area (Å²) in [5.74, 6) is -0.187. The first-order valence-electron chi connectivity index (χ1n) is 8.05. The molecule has 0 fully saturated rings. The zero-order chi connectivity index (χ0) is 20.3. The van der Waals surface area contributed by atoms with Crippen molar-refractivity contribution in [3.8, 4) is 11.6 Å². The highest BCUT2D eigenvalue weighted by atomic mass is 32.1. The lowest BCUT2D eigenvalue weighted by Crippen LogP contribution is -2.12. The second-order valence-corrected chi connectivity index (χ2v) is 6.96. The van der Waals surface area contributed by atoms with Crippen LogP contribution in [0.3, 0.4) is 0 Å². The van der Waals surface area contributed by atoms with Gasteiger partial charge in [0.1, 0.15) is 5.75 Å². The van der Waals surface area contributed by atoms with Crippen molar-refractivity contribution in [3.63, 3.8) is 0 Å². The zero-order valence-electron chi connectivity index (χ0n) is 14.2. The number of ether oxygens (including phenoxy) is 1. The predicted molar refractivity (Wildman–Crippen MR) is 97.1 cm³/mol. The van der Waals surface area contributed by atoms with E-state index in [1.165, 1.54) is 0 Å². The number of aromatic hydroxyl groups is 1. The van der Waals surface area contributed by atoms with E-state index in [-0.39, 0.29) is 22.9 Å². The van der Waals surface area contributed by atoms with Crippen molar-refractivity contribution < 1.29 is 27.8 Å². The fourth-order valence-electron chi connectivity index (χ4n) is 2.44. The lowest BCUT2D eigenvalue weighted by atomic mass is 10.1. The number of hydrogen-bond acceptors (Lipinski definition) is 5. The summed E-state index contributed by atoms with van der Waals surface area (Å²) in [4.78, 5) is 25.7. The Morgan fingerprint density at radius 3 is 2.25 bits per heavy atom. The van der Waals surface area contributed by atoms with Gasteiger partial charge in [-0.05, 0) is 29.8 Å². The third kappa shape index (κ3) is 4.80. The molecular weight excluding hydrogens is 395 g/mol. The molecule has 9 heteroatoms. The lowest BCUT2D eigenvalue weighted by Gasteiger charge is -2.09. The molecule has 0 aliphatic carbocycles. The molecule has 1 heterocycles. The molecule has 2 aromatic carbocycles. The van der Waals surface area contributed by atoms with E-state index in [0.29, 0.717) is 17.0 Å². The Morgan fingerprint density at radius 1 is 1.07 bits per heavy atom. The molecule has 146 valence electrons. The predicted octanol–water partition coefficient (Wildman–Crippen LogP) is 4.01. The number of thiazole rings is 1. The number of H-pyrrole nitrogens is 1. The van der Waals surface area contributed by atoms with Gasteiger partial charge >= 0.3 is 11.0 Å². The number of hydrogen-bond donors (Lipinski definition) is 2. The first-order valence-corrected chi connectivity index (χ1v) is 8.87. The quantitative estimate of drug-likeness (QED) is 0.603. The maximum atomic E-state index is 12.5. The fourth-order valence-corrected chi connectivity index (χ4v) is 3.20. The summed E-state index contributed by atoms with van der Waals surface area (Å²) in [6, 6.07) is 10.6. The molecule has 0 unspecified atom stereocenters. The molecular formula is C19H14F3NO4S. The van der Waals surface area contributed by atoms with Gasteiger partial charge in [-0.25, -0.2) is 0 Å². The molecule has 3 aromatic rings. The van der Waals surface area contributed by atoms with Crippen LogP contribution in [0, 0.1) is 0 Å². The van der Waals surface area contributed by atoms with Crippen molar-refractivity contribution in [1.29, 1.82) is 0 Å². The van der Waals surface area contributed by atoms with Crippen molar-refractivity contribution in [2.24, 2.45) is 0 Å². The van der Waals surface area contributed by atoms with Gasteiger partial charge in [-0.15, -0.1) is 0 Å². The van der Waals surface area contributed by atoms with E-state index in [2.05, 4.69) is 4.98 Å². The third-order valence-electron chi connectivity index (χ3n) is 3.89. The van der Waals surface area contributed by atoms with Gasteiger partial charge < -0.3 is 9.84 Å². The Hall–Kier alpha value is -3.07. The molecule has 0 aliphatic rings. The summed E-state index contributed by atoms with van der Waals surface area (Å²) in [7, 11) is 0. The highest BCUT2D eigenvalue weighted by Gasteiger charge is 2.30. The molecule has 0 aliphatic heterocycles. The van der Waals surface area contributed by atoms with Crippen LogP contribution in [0.5, 0.6) is 11.6 Å². The minimum absolute atomic E-state index is 0.127. The number of rotatable bonds is 6. The average Bonchev–Trinajstić information content (AvgIpc) is 2.97. The molecule has 0 saturated heterocycles. The molecule has 28 heavy (non-hydrogen) atoms. The van der Waals surface area contributed by atoms with Crippen molar-refractivity contribution in [2.75, 3.05) is 6.61 Å². The second-order valence-electron chi connectivity index (χ2n) is 5.89. The second kappa shape index (κ2) is 7.89. The summed E-state index contributed by atoms with van der Waals surface area (Å²) in [5, 5.41) is 9.59. The molecule has 5 nitrogen and oxygen atoms in total. The van der Waals surface area contributed by atoms with Crippen molar-refractivity contribution in [3.05, 3.63) is 79.8 Å². The normalized spacial score (nSPS) is 11.4. The fraction of sp³-hybridized carbons (Fsp3) is 0.158. The van der Waals surface area contributed by atoms with Crippen LogP contribution in [-0.2, 0) is 12.6 Å². The number of ketones is 1. The van der Waals surface area contributed by atoms with Crippen LogP contribution in [-0.4, -0.2) is 22.5 Å². The minimum atomic E-state index is -4.45. The number of Topliss-reactive ketones (excluding diaryl/α,β-unsaturated/α-hetero) is 1. The topological polar surface area (TPSA) is 79.4 Å². The number of alkyl halides is 3. The number of benzene rings is 2. The van der Waals surface area contributed by atoms with Gasteiger partial charge in [-0.1, -0.05) is 35.6 Å². The van der Waals surface area contributed by atoms with E-state index in [1.54, 1.807) is 24.3 Å². The summed E-state index contributed by atoms with van der Waals surface area (Å²) >= 11 is 0.920. The van der Waals surface area contributed by atoms with Crippen molar-refractivity contribution >= 4 is 17.1 Å². The van der Waals surface area contributed by atoms with Crippen LogP contribution in [0.1, 0.15) is 26.4 Å². The van der Waals surface area contributed by atoms with Gasteiger partial charge in [0, 0.05) is 12.0 Å². The summed E-state index contributed by atoms with van der Waals surface area (Å²) in [5.41, 5.74) is 0.133. The minimum Gasteiger partial charge on any atom is -0.494 e. The first kappa shape index (κ1) is 19.7. The number of aromatic nitrogens is 1. The van der Waals surface area contributed by atoms with E-state index in [9.17, 15) is 27.9 Å². The van der Waals surface area contributed by atoms with Gasteiger partial charge in [-0.2, -0.15) is 13.2 Å². The van der Waals surface area contributed by atoms with Gasteiger partial charge in [0.25, 0.3) is 0 Å². The SMILES string of the molecule is O=C(COc1ccc(Cc2sc(=O)[nH]c2O)cc1)c1ccc(C(F)(F)F)cc1. The molecule has 0 spiro atoms. The van der Waals surface area contributed by atoms with Crippen LogP contribution in [0.2, 0.25) is 0 Å². The van der Waals surface area contributed by atoms with Gasteiger partial charge in [0.05, 0.1) is 10.4 Å². The standard InChI is InChI=1S/C19H14F3NO4S/c20-19(21,22)13-5-3-12(4-6-13)15(24)10-27-14-7-1-11(2-8-14)9-16-17(25)23-18(26)28-16/h1-8,25H,9-10H2,(H,23,26). The monoisotopic (exact) mass is 409 g/mol. The zero-order valence-corrected chi connectivity index (χ0v) is 15.1. The summed E-state index contributed by atoms with van der Waals surface area (Å²) in [6.07, 6.45) is -4.09. The Labute approximate surface area is 161 Å². The molecule has 2 N–H and O–H groups in total. The van der Waals surface area contributed by atoms with E-state index < -0.39 is 17.5 Å². The maximum absolute atomic E-state index is 12.5. The highest BCUT2D eigenvalue weighted by Crippen LogP contribution is 2.29. The van der Waals surface area contributed by atoms with Crippen LogP contribution in [0.15, 0.2) is 53.3 Å². The van der Waals surface area contributed by atoms with Gasteiger partial charge in [0.15, 0.2) is 12.4 Å². The van der Waals surface area contributed by atoms with E-state index in [4.69, 9.17) is 4.74 Å². The molecule has 1 aromatic heterocycles. The number of nitrogens with one attached hydrogen (secondary N) is 1. The Morgan fingerprint density at radius 2 is 1.71 bits per heavy atom. The van der Waals surface area contributed by atoms with E-state index in [1.807, 2.05) is 0 Å². The smallest absolute Gasteiger partial charge is 0.416 e. The molecule has 0 atom stereocenters. The van der Waals surface area contributed by atoms with Crippen LogP contribution >= 0.6 is 11.3 Å². The molecule has 0 saturated carbocycles. The van der Waals surface area contributed by atoms with E-state index >= 15 is 0 Å².